The van der Waals surface area contributed by atoms with Crippen molar-refractivity contribution in [2.45, 2.75) is 44.7 Å². The Morgan fingerprint density at radius 1 is 1.19 bits per heavy atom. The topological polar surface area (TPSA) is 37.0 Å². The van der Waals surface area contributed by atoms with Crippen molar-refractivity contribution in [2.75, 3.05) is 25.0 Å². The molecule has 0 spiro atoms. The normalized spacial score (nSPS) is 14.6. The minimum Gasteiger partial charge on any atom is -0.370 e. The minimum absolute atomic E-state index is 0.00448. The molecule has 2 heterocycles. The molecule has 21 heavy (non-hydrogen) atoms. The summed E-state index contributed by atoms with van der Waals surface area (Å²) < 4.78 is 35.8. The van der Waals surface area contributed by atoms with Gasteiger partial charge in [0.05, 0.1) is 6.42 Å². The van der Waals surface area contributed by atoms with Gasteiger partial charge in [-0.3, -0.25) is 0 Å². The van der Waals surface area contributed by atoms with Crippen LogP contribution in [0, 0.1) is 0 Å². The Kier molecular flexibility index (Phi) is 5.85. The fourth-order valence-electron chi connectivity index (χ4n) is 2.42. The van der Waals surface area contributed by atoms with Crippen LogP contribution >= 0.6 is 0 Å². The standard InChI is InChI=1S/C15H22F3N3/c16-15(17,18)8-11-19-9-2-1-5-13-7-6-12-4-3-10-20-14(12)21-13/h6-7,19H,1-5,8-11H2,(H,20,21). The van der Waals surface area contributed by atoms with Crippen LogP contribution in [0.3, 0.4) is 0 Å². The summed E-state index contributed by atoms with van der Waals surface area (Å²) in [6.07, 6.45) is 0.0826. The van der Waals surface area contributed by atoms with E-state index in [-0.39, 0.29) is 6.54 Å². The lowest BCUT2D eigenvalue weighted by Gasteiger charge is -2.17. The number of nitrogens with zero attached hydrogens (tertiary/aromatic N) is 1. The Morgan fingerprint density at radius 2 is 2.05 bits per heavy atom. The van der Waals surface area contributed by atoms with E-state index in [1.807, 2.05) is 0 Å². The molecule has 0 fully saturated rings. The summed E-state index contributed by atoms with van der Waals surface area (Å²) in [6.45, 7) is 1.61. The highest BCUT2D eigenvalue weighted by Crippen LogP contribution is 2.20. The highest BCUT2D eigenvalue weighted by Gasteiger charge is 2.25. The summed E-state index contributed by atoms with van der Waals surface area (Å²) in [5.74, 6) is 1.00. The predicted molar refractivity (Wildman–Crippen MR) is 77.5 cm³/mol. The fourth-order valence-corrected chi connectivity index (χ4v) is 2.42. The van der Waals surface area contributed by atoms with Gasteiger partial charge in [-0.2, -0.15) is 13.2 Å². The van der Waals surface area contributed by atoms with Crippen molar-refractivity contribution >= 4 is 5.82 Å². The number of anilines is 1. The van der Waals surface area contributed by atoms with E-state index in [4.69, 9.17) is 0 Å². The number of alkyl halides is 3. The first-order valence-electron chi connectivity index (χ1n) is 7.55. The third-order valence-corrected chi connectivity index (χ3v) is 3.57. The SMILES string of the molecule is FC(F)(F)CCNCCCCc1ccc2c(n1)NCCC2. The zero-order chi connectivity index (χ0) is 15.1. The molecule has 1 aliphatic heterocycles. The molecule has 2 N–H and O–H groups in total. The van der Waals surface area contributed by atoms with E-state index in [2.05, 4.69) is 27.8 Å². The molecule has 1 aromatic rings. The van der Waals surface area contributed by atoms with Crippen molar-refractivity contribution in [1.82, 2.24) is 10.3 Å². The molecule has 2 rings (SSSR count). The Bertz CT molecular complexity index is 446. The number of nitrogens with one attached hydrogen (secondary N) is 2. The molecule has 0 radical (unpaired) electrons. The van der Waals surface area contributed by atoms with Crippen LogP contribution in [0.15, 0.2) is 12.1 Å². The van der Waals surface area contributed by atoms with Crippen LogP contribution in [-0.2, 0) is 12.8 Å². The summed E-state index contributed by atoms with van der Waals surface area (Å²) in [6, 6.07) is 4.19. The third kappa shape index (κ3) is 5.91. The highest BCUT2D eigenvalue weighted by atomic mass is 19.4. The van der Waals surface area contributed by atoms with Crippen LogP contribution < -0.4 is 10.6 Å². The van der Waals surface area contributed by atoms with Gasteiger partial charge in [-0.1, -0.05) is 6.07 Å². The van der Waals surface area contributed by atoms with E-state index in [0.717, 1.165) is 50.2 Å². The number of aromatic nitrogens is 1. The van der Waals surface area contributed by atoms with Gasteiger partial charge in [0.1, 0.15) is 5.82 Å². The number of unbranched alkanes of at least 4 members (excludes halogenated alkanes) is 1. The van der Waals surface area contributed by atoms with Crippen molar-refractivity contribution in [2.24, 2.45) is 0 Å². The van der Waals surface area contributed by atoms with Gasteiger partial charge in [0.2, 0.25) is 0 Å². The quantitative estimate of drug-likeness (QED) is 0.759. The largest absolute Gasteiger partial charge is 0.390 e. The Morgan fingerprint density at radius 3 is 2.86 bits per heavy atom. The molecule has 0 atom stereocenters. The first-order chi connectivity index (χ1) is 10.0. The molecule has 0 aliphatic carbocycles. The van der Waals surface area contributed by atoms with Crippen molar-refractivity contribution in [3.8, 4) is 0 Å². The highest BCUT2D eigenvalue weighted by molar-refractivity contribution is 5.46. The number of hydrogen-bond donors (Lipinski definition) is 2. The zero-order valence-electron chi connectivity index (χ0n) is 12.1. The van der Waals surface area contributed by atoms with Gasteiger partial charge < -0.3 is 10.6 Å². The number of hydrogen-bond acceptors (Lipinski definition) is 3. The van der Waals surface area contributed by atoms with Gasteiger partial charge in [0, 0.05) is 18.8 Å². The van der Waals surface area contributed by atoms with Gasteiger partial charge in [-0.15, -0.1) is 0 Å². The maximum absolute atomic E-state index is 11.9. The molecule has 1 aromatic heterocycles. The van der Waals surface area contributed by atoms with E-state index < -0.39 is 12.6 Å². The fraction of sp³-hybridized carbons (Fsp3) is 0.667. The predicted octanol–water partition coefficient (Wildman–Crippen LogP) is 3.30. The maximum atomic E-state index is 11.9. The Balaban J connectivity index is 1.61. The van der Waals surface area contributed by atoms with Gasteiger partial charge >= 0.3 is 6.18 Å². The van der Waals surface area contributed by atoms with Crippen LogP contribution in [0.2, 0.25) is 0 Å². The number of fused-ring (bicyclic) bond motifs is 1. The average molecular weight is 301 g/mol. The van der Waals surface area contributed by atoms with E-state index >= 15 is 0 Å². The Labute approximate surface area is 123 Å². The molecule has 0 saturated heterocycles. The van der Waals surface area contributed by atoms with Gasteiger partial charge in [0.25, 0.3) is 0 Å². The van der Waals surface area contributed by atoms with E-state index in [0.29, 0.717) is 6.54 Å². The number of halogens is 3. The molecule has 6 heteroatoms. The monoisotopic (exact) mass is 301 g/mol. The molecule has 0 bridgehead atoms. The van der Waals surface area contributed by atoms with Gasteiger partial charge in [0.15, 0.2) is 0 Å². The summed E-state index contributed by atoms with van der Waals surface area (Å²) >= 11 is 0. The number of rotatable bonds is 7. The van der Waals surface area contributed by atoms with E-state index in [1.165, 1.54) is 5.56 Å². The maximum Gasteiger partial charge on any atom is 0.390 e. The lowest BCUT2D eigenvalue weighted by atomic mass is 10.1. The van der Waals surface area contributed by atoms with Crippen LogP contribution in [-0.4, -0.2) is 30.8 Å². The molecule has 0 amide bonds. The third-order valence-electron chi connectivity index (χ3n) is 3.57. The average Bonchev–Trinajstić information content (AvgIpc) is 2.45. The van der Waals surface area contributed by atoms with Gasteiger partial charge in [-0.25, -0.2) is 4.98 Å². The van der Waals surface area contributed by atoms with Crippen LogP contribution in [0.25, 0.3) is 0 Å². The summed E-state index contributed by atoms with van der Waals surface area (Å²) in [7, 11) is 0. The number of aryl methyl sites for hydroxylation is 2. The molecular weight excluding hydrogens is 279 g/mol. The molecule has 0 unspecified atom stereocenters. The molecule has 0 aromatic carbocycles. The number of pyridine rings is 1. The second kappa shape index (κ2) is 7.64. The van der Waals surface area contributed by atoms with Gasteiger partial charge in [-0.05, 0) is 50.3 Å². The van der Waals surface area contributed by atoms with Crippen LogP contribution in [0.4, 0.5) is 19.0 Å². The van der Waals surface area contributed by atoms with Crippen LogP contribution in [0.1, 0.15) is 36.9 Å². The smallest absolute Gasteiger partial charge is 0.370 e. The summed E-state index contributed by atoms with van der Waals surface area (Å²) in [5, 5.41) is 6.13. The van der Waals surface area contributed by atoms with Crippen molar-refractivity contribution < 1.29 is 13.2 Å². The molecular formula is C15H22F3N3. The van der Waals surface area contributed by atoms with E-state index in [9.17, 15) is 13.2 Å². The first kappa shape index (κ1) is 16.1. The zero-order valence-corrected chi connectivity index (χ0v) is 12.1. The first-order valence-corrected chi connectivity index (χ1v) is 7.55. The molecule has 0 saturated carbocycles. The van der Waals surface area contributed by atoms with Crippen LogP contribution in [0.5, 0.6) is 0 Å². The second-order valence-electron chi connectivity index (χ2n) is 5.41. The summed E-state index contributed by atoms with van der Waals surface area (Å²) in [4.78, 5) is 4.60. The molecule has 118 valence electrons. The van der Waals surface area contributed by atoms with Crippen molar-refractivity contribution in [1.29, 1.82) is 0 Å². The summed E-state index contributed by atoms with van der Waals surface area (Å²) in [5.41, 5.74) is 2.33. The lowest BCUT2D eigenvalue weighted by molar-refractivity contribution is -0.133. The lowest BCUT2D eigenvalue weighted by Crippen LogP contribution is -2.22. The molecule has 1 aliphatic rings. The van der Waals surface area contributed by atoms with E-state index in [1.54, 1.807) is 0 Å². The van der Waals surface area contributed by atoms with Crippen molar-refractivity contribution in [3.05, 3.63) is 23.4 Å². The minimum atomic E-state index is -4.06. The van der Waals surface area contributed by atoms with Crippen molar-refractivity contribution in [3.63, 3.8) is 0 Å². The molecule has 3 nitrogen and oxygen atoms in total. The second-order valence-corrected chi connectivity index (χ2v) is 5.41. The Hall–Kier alpha value is -1.30.